The second-order valence-electron chi connectivity index (χ2n) is 3.27. The predicted molar refractivity (Wildman–Crippen MR) is 58.5 cm³/mol. The summed E-state index contributed by atoms with van der Waals surface area (Å²) in [7, 11) is 0. The molecule has 0 aliphatic heterocycles. The quantitative estimate of drug-likeness (QED) is 0.631. The van der Waals surface area contributed by atoms with Crippen LogP contribution >= 0.6 is 0 Å². The van der Waals surface area contributed by atoms with E-state index in [9.17, 15) is 14.5 Å². The van der Waals surface area contributed by atoms with Gasteiger partial charge in [0, 0.05) is 11.6 Å². The molecular formula is C10H7FN4O2. The van der Waals surface area contributed by atoms with Crippen LogP contribution in [0.3, 0.4) is 0 Å². The molecule has 0 saturated heterocycles. The highest BCUT2D eigenvalue weighted by molar-refractivity contribution is 5.62. The minimum absolute atomic E-state index is 0.241. The van der Waals surface area contributed by atoms with E-state index in [-0.39, 0.29) is 5.82 Å². The first-order chi connectivity index (χ1) is 8.08. The van der Waals surface area contributed by atoms with Gasteiger partial charge in [-0.15, -0.1) is 10.2 Å². The molecule has 0 amide bonds. The van der Waals surface area contributed by atoms with Gasteiger partial charge >= 0.3 is 5.69 Å². The Balaban J connectivity index is 2.50. The lowest BCUT2D eigenvalue weighted by atomic mass is 10.1. The largest absolute Gasteiger partial charge is 0.382 e. The van der Waals surface area contributed by atoms with E-state index in [0.29, 0.717) is 11.3 Å². The Morgan fingerprint density at radius 1 is 1.24 bits per heavy atom. The number of halogens is 1. The smallest absolute Gasteiger partial charge is 0.305 e. The summed E-state index contributed by atoms with van der Waals surface area (Å²) in [5.74, 6) is -0.646. The number of benzene rings is 1. The fourth-order valence-electron chi connectivity index (χ4n) is 1.31. The summed E-state index contributed by atoms with van der Waals surface area (Å²) in [6, 6.07) is 6.58. The number of nitro benzene ring substituents is 1. The van der Waals surface area contributed by atoms with Gasteiger partial charge in [-0.2, -0.15) is 4.39 Å². The molecule has 17 heavy (non-hydrogen) atoms. The summed E-state index contributed by atoms with van der Waals surface area (Å²) < 4.78 is 13.1. The molecule has 86 valence electrons. The van der Waals surface area contributed by atoms with Crippen LogP contribution < -0.4 is 5.73 Å². The van der Waals surface area contributed by atoms with Gasteiger partial charge in [0.1, 0.15) is 5.82 Å². The number of nitrogens with two attached hydrogens (primary N) is 1. The van der Waals surface area contributed by atoms with E-state index in [1.54, 1.807) is 6.07 Å². The highest BCUT2D eigenvalue weighted by Gasteiger charge is 2.15. The van der Waals surface area contributed by atoms with Gasteiger partial charge in [-0.1, -0.05) is 0 Å². The minimum Gasteiger partial charge on any atom is -0.382 e. The van der Waals surface area contributed by atoms with Crippen LogP contribution in [0.2, 0.25) is 0 Å². The van der Waals surface area contributed by atoms with Crippen molar-refractivity contribution < 1.29 is 9.31 Å². The Labute approximate surface area is 95.1 Å². The third-order valence-corrected chi connectivity index (χ3v) is 2.12. The molecule has 1 aromatic carbocycles. The van der Waals surface area contributed by atoms with Crippen molar-refractivity contribution in [2.75, 3.05) is 5.73 Å². The van der Waals surface area contributed by atoms with Crippen LogP contribution in [0.1, 0.15) is 0 Å². The standard InChI is InChI=1S/C10H7FN4O2/c11-7-2-1-6(5-9(7)15(16)17)8-3-4-10(12)14-13-8/h1-5H,(H2,12,14). The zero-order valence-electron chi connectivity index (χ0n) is 8.50. The Morgan fingerprint density at radius 2 is 2.00 bits per heavy atom. The lowest BCUT2D eigenvalue weighted by Crippen LogP contribution is -1.96. The van der Waals surface area contributed by atoms with Gasteiger partial charge in [0.15, 0.2) is 0 Å². The molecule has 2 aromatic rings. The maximum Gasteiger partial charge on any atom is 0.305 e. The van der Waals surface area contributed by atoms with Gasteiger partial charge in [-0.25, -0.2) is 0 Å². The third kappa shape index (κ3) is 2.17. The lowest BCUT2D eigenvalue weighted by molar-refractivity contribution is -0.387. The molecule has 1 heterocycles. The molecule has 0 radical (unpaired) electrons. The van der Waals surface area contributed by atoms with Crippen LogP contribution in [-0.4, -0.2) is 15.1 Å². The zero-order valence-corrected chi connectivity index (χ0v) is 8.50. The number of aromatic nitrogens is 2. The van der Waals surface area contributed by atoms with Crippen molar-refractivity contribution in [2.24, 2.45) is 0 Å². The number of nitro groups is 1. The van der Waals surface area contributed by atoms with E-state index in [1.807, 2.05) is 0 Å². The molecule has 6 nitrogen and oxygen atoms in total. The molecule has 0 unspecified atom stereocenters. The first-order valence-corrected chi connectivity index (χ1v) is 4.61. The van der Waals surface area contributed by atoms with Gasteiger partial charge in [-0.05, 0) is 24.3 Å². The second kappa shape index (κ2) is 4.12. The highest BCUT2D eigenvalue weighted by atomic mass is 19.1. The van der Waals surface area contributed by atoms with Crippen molar-refractivity contribution in [3.8, 4) is 11.3 Å². The monoisotopic (exact) mass is 234 g/mol. The summed E-state index contributed by atoms with van der Waals surface area (Å²) in [5.41, 5.74) is 5.57. The number of rotatable bonds is 2. The van der Waals surface area contributed by atoms with Crippen LogP contribution in [0.5, 0.6) is 0 Å². The van der Waals surface area contributed by atoms with Gasteiger partial charge in [0.25, 0.3) is 0 Å². The number of hydrogen-bond acceptors (Lipinski definition) is 5. The summed E-state index contributed by atoms with van der Waals surface area (Å²) in [5, 5.41) is 17.9. The Morgan fingerprint density at radius 3 is 2.59 bits per heavy atom. The van der Waals surface area contributed by atoms with E-state index in [1.165, 1.54) is 12.1 Å². The van der Waals surface area contributed by atoms with Crippen molar-refractivity contribution >= 4 is 11.5 Å². The molecule has 2 N–H and O–H groups in total. The SMILES string of the molecule is Nc1ccc(-c2ccc(F)c([N+](=O)[O-])c2)nn1. The van der Waals surface area contributed by atoms with Crippen LogP contribution in [-0.2, 0) is 0 Å². The Kier molecular flexibility index (Phi) is 2.65. The Bertz CT molecular complexity index is 571. The lowest BCUT2D eigenvalue weighted by Gasteiger charge is -2.00. The van der Waals surface area contributed by atoms with Crippen molar-refractivity contribution in [3.05, 3.63) is 46.3 Å². The molecule has 0 saturated carbocycles. The maximum absolute atomic E-state index is 13.1. The van der Waals surface area contributed by atoms with Crippen LogP contribution in [0, 0.1) is 15.9 Å². The number of nitrogen functional groups attached to an aromatic ring is 1. The van der Waals surface area contributed by atoms with Gasteiger partial charge in [0.2, 0.25) is 5.82 Å². The van der Waals surface area contributed by atoms with E-state index >= 15 is 0 Å². The average Bonchev–Trinajstić information content (AvgIpc) is 2.30. The van der Waals surface area contributed by atoms with E-state index in [4.69, 9.17) is 5.73 Å². The fraction of sp³-hybridized carbons (Fsp3) is 0. The fourth-order valence-corrected chi connectivity index (χ4v) is 1.31. The number of nitrogens with zero attached hydrogens (tertiary/aromatic N) is 3. The number of anilines is 1. The summed E-state index contributed by atoms with van der Waals surface area (Å²) in [6.07, 6.45) is 0. The van der Waals surface area contributed by atoms with Gasteiger partial charge in [0.05, 0.1) is 10.6 Å². The van der Waals surface area contributed by atoms with Crippen molar-refractivity contribution in [2.45, 2.75) is 0 Å². The van der Waals surface area contributed by atoms with Crippen molar-refractivity contribution in [1.82, 2.24) is 10.2 Å². The normalized spacial score (nSPS) is 10.2. The topological polar surface area (TPSA) is 94.9 Å². The first-order valence-electron chi connectivity index (χ1n) is 4.61. The molecule has 0 aliphatic carbocycles. The maximum atomic E-state index is 13.1. The molecule has 0 spiro atoms. The van der Waals surface area contributed by atoms with E-state index < -0.39 is 16.4 Å². The number of hydrogen-bond donors (Lipinski definition) is 1. The summed E-state index contributed by atoms with van der Waals surface area (Å²) in [6.45, 7) is 0. The van der Waals surface area contributed by atoms with Crippen LogP contribution in [0.25, 0.3) is 11.3 Å². The second-order valence-corrected chi connectivity index (χ2v) is 3.27. The van der Waals surface area contributed by atoms with Gasteiger partial charge in [-0.3, -0.25) is 10.1 Å². The molecule has 0 bridgehead atoms. The first kappa shape index (κ1) is 10.9. The Hall–Kier alpha value is -2.57. The molecule has 0 fully saturated rings. The van der Waals surface area contributed by atoms with Crippen molar-refractivity contribution in [1.29, 1.82) is 0 Å². The molecule has 7 heteroatoms. The van der Waals surface area contributed by atoms with Crippen LogP contribution in [0.4, 0.5) is 15.9 Å². The van der Waals surface area contributed by atoms with E-state index in [2.05, 4.69) is 10.2 Å². The average molecular weight is 234 g/mol. The van der Waals surface area contributed by atoms with Gasteiger partial charge < -0.3 is 5.73 Å². The van der Waals surface area contributed by atoms with Crippen molar-refractivity contribution in [3.63, 3.8) is 0 Å². The minimum atomic E-state index is -0.887. The highest BCUT2D eigenvalue weighted by Crippen LogP contribution is 2.24. The molecule has 0 atom stereocenters. The predicted octanol–water partition coefficient (Wildman–Crippen LogP) is 1.77. The molecule has 2 rings (SSSR count). The summed E-state index contributed by atoms with van der Waals surface area (Å²) in [4.78, 5) is 9.78. The van der Waals surface area contributed by atoms with Crippen LogP contribution in [0.15, 0.2) is 30.3 Å². The third-order valence-electron chi connectivity index (χ3n) is 2.12. The summed E-state index contributed by atoms with van der Waals surface area (Å²) >= 11 is 0. The zero-order chi connectivity index (χ0) is 12.4. The van der Waals surface area contributed by atoms with E-state index in [0.717, 1.165) is 12.1 Å². The molecule has 1 aromatic heterocycles. The molecule has 0 aliphatic rings. The molecular weight excluding hydrogens is 227 g/mol.